The van der Waals surface area contributed by atoms with Crippen molar-refractivity contribution >= 4 is 11.9 Å². The molecule has 0 aromatic rings. The minimum Gasteiger partial charge on any atom is -0.466 e. The monoisotopic (exact) mass is 878 g/mol. The molecule has 0 fully saturated rings. The molecule has 0 saturated carbocycles. The molecule has 0 saturated heterocycles. The maximum atomic E-state index is 12.5. The summed E-state index contributed by atoms with van der Waals surface area (Å²) in [7, 11) is 0. The van der Waals surface area contributed by atoms with Crippen molar-refractivity contribution < 1.29 is 24.5 Å². The van der Waals surface area contributed by atoms with E-state index < -0.39 is 12.1 Å². The third-order valence-corrected chi connectivity index (χ3v) is 13.4. The largest absolute Gasteiger partial charge is 0.466 e. The van der Waals surface area contributed by atoms with E-state index in [1.165, 1.54) is 244 Å². The van der Waals surface area contributed by atoms with Crippen LogP contribution in [0.25, 0.3) is 0 Å². The molecule has 2 unspecified atom stereocenters. The second-order valence-electron chi connectivity index (χ2n) is 19.6. The Bertz CT molecular complexity index is 882. The number of aliphatic hydroxyl groups is 2. The molecule has 0 aromatic heterocycles. The lowest BCUT2D eigenvalue weighted by Gasteiger charge is -2.22. The van der Waals surface area contributed by atoms with Crippen LogP contribution in [-0.2, 0) is 14.3 Å². The average Bonchev–Trinajstić information content (AvgIpc) is 3.27. The van der Waals surface area contributed by atoms with E-state index in [9.17, 15) is 19.8 Å². The number of amides is 1. The Kier molecular flexibility index (Phi) is 51.5. The number of aliphatic hydroxyl groups excluding tert-OH is 2. The summed E-state index contributed by atoms with van der Waals surface area (Å²) in [6.07, 6.45) is 59.4. The Balaban J connectivity index is 3.43. The molecule has 62 heavy (non-hydrogen) atoms. The van der Waals surface area contributed by atoms with Crippen LogP contribution in [0.1, 0.15) is 322 Å². The standard InChI is InChI=1S/C56H111NO5/c1-3-5-7-9-11-13-15-16-17-18-19-20-22-25-29-32-36-40-44-48-54(59)53(52-58)57-55(60)49-45-41-37-33-30-26-23-21-24-27-31-35-39-43-47-51-62-56(61)50-46-42-38-34-28-14-12-10-8-6-4-2/h53-54,58-59H,3-52H2,1-2H3,(H,57,60). The molecule has 0 aromatic carbocycles. The lowest BCUT2D eigenvalue weighted by molar-refractivity contribution is -0.143. The number of carbonyl (C=O) groups is 2. The minimum absolute atomic E-state index is 0.00142. The van der Waals surface area contributed by atoms with Crippen LogP contribution in [0.3, 0.4) is 0 Å². The summed E-state index contributed by atoms with van der Waals surface area (Å²) in [5.74, 6) is -0.0384. The van der Waals surface area contributed by atoms with Crippen LogP contribution in [0.2, 0.25) is 0 Å². The van der Waals surface area contributed by atoms with Gasteiger partial charge >= 0.3 is 5.97 Å². The molecule has 6 nitrogen and oxygen atoms in total. The second-order valence-corrected chi connectivity index (χ2v) is 19.6. The Morgan fingerprint density at radius 1 is 0.387 bits per heavy atom. The molecule has 0 spiro atoms. The van der Waals surface area contributed by atoms with Gasteiger partial charge in [-0.2, -0.15) is 0 Å². The number of hydrogen-bond acceptors (Lipinski definition) is 5. The molecule has 0 aliphatic carbocycles. The van der Waals surface area contributed by atoms with Crippen molar-refractivity contribution in [2.45, 2.75) is 334 Å². The molecular weight excluding hydrogens is 767 g/mol. The molecule has 0 rings (SSSR count). The van der Waals surface area contributed by atoms with Crippen molar-refractivity contribution in [3.8, 4) is 0 Å². The van der Waals surface area contributed by atoms with E-state index in [1.807, 2.05) is 0 Å². The highest BCUT2D eigenvalue weighted by atomic mass is 16.5. The fourth-order valence-corrected chi connectivity index (χ4v) is 9.05. The van der Waals surface area contributed by atoms with E-state index in [0.717, 1.165) is 44.9 Å². The van der Waals surface area contributed by atoms with Crippen molar-refractivity contribution in [2.75, 3.05) is 13.2 Å². The quantitative estimate of drug-likeness (QED) is 0.0418. The van der Waals surface area contributed by atoms with Crippen LogP contribution in [0.15, 0.2) is 0 Å². The summed E-state index contributed by atoms with van der Waals surface area (Å²) in [4.78, 5) is 24.5. The van der Waals surface area contributed by atoms with Gasteiger partial charge in [-0.1, -0.05) is 284 Å². The zero-order valence-electron chi connectivity index (χ0n) is 42.1. The molecule has 3 N–H and O–H groups in total. The van der Waals surface area contributed by atoms with Gasteiger partial charge in [0.1, 0.15) is 0 Å². The summed E-state index contributed by atoms with van der Waals surface area (Å²) < 4.78 is 5.46. The predicted octanol–water partition coefficient (Wildman–Crippen LogP) is 17.1. The molecule has 2 atom stereocenters. The molecule has 0 aliphatic heterocycles. The Morgan fingerprint density at radius 2 is 0.661 bits per heavy atom. The van der Waals surface area contributed by atoms with Crippen LogP contribution in [0.4, 0.5) is 0 Å². The van der Waals surface area contributed by atoms with Gasteiger partial charge in [-0.15, -0.1) is 0 Å². The molecule has 0 aliphatic rings. The summed E-state index contributed by atoms with van der Waals surface area (Å²) in [6.45, 7) is 4.96. The van der Waals surface area contributed by atoms with Crippen molar-refractivity contribution in [1.29, 1.82) is 0 Å². The molecular formula is C56H111NO5. The summed E-state index contributed by atoms with van der Waals surface area (Å²) in [5.41, 5.74) is 0. The summed E-state index contributed by atoms with van der Waals surface area (Å²) >= 11 is 0. The number of ether oxygens (including phenoxy) is 1. The first-order valence-electron chi connectivity index (χ1n) is 28.3. The zero-order valence-corrected chi connectivity index (χ0v) is 42.1. The minimum atomic E-state index is -0.669. The third-order valence-electron chi connectivity index (χ3n) is 13.4. The maximum absolute atomic E-state index is 12.5. The number of carbonyl (C=O) groups excluding carboxylic acids is 2. The third kappa shape index (κ3) is 48.3. The lowest BCUT2D eigenvalue weighted by Crippen LogP contribution is -2.45. The zero-order chi connectivity index (χ0) is 45.1. The maximum Gasteiger partial charge on any atom is 0.305 e. The first kappa shape index (κ1) is 60.9. The van der Waals surface area contributed by atoms with E-state index in [4.69, 9.17) is 4.74 Å². The van der Waals surface area contributed by atoms with Crippen LogP contribution >= 0.6 is 0 Å². The topological polar surface area (TPSA) is 95.9 Å². The van der Waals surface area contributed by atoms with E-state index in [0.29, 0.717) is 25.9 Å². The highest BCUT2D eigenvalue weighted by Gasteiger charge is 2.20. The molecule has 0 heterocycles. The van der Waals surface area contributed by atoms with Crippen molar-refractivity contribution in [2.24, 2.45) is 0 Å². The highest BCUT2D eigenvalue weighted by molar-refractivity contribution is 5.76. The van der Waals surface area contributed by atoms with Gasteiger partial charge in [0.25, 0.3) is 0 Å². The van der Waals surface area contributed by atoms with E-state index >= 15 is 0 Å². The number of nitrogens with one attached hydrogen (secondary N) is 1. The summed E-state index contributed by atoms with van der Waals surface area (Å²) in [5, 5.41) is 23.3. The number of hydrogen-bond donors (Lipinski definition) is 3. The van der Waals surface area contributed by atoms with E-state index in [2.05, 4.69) is 19.2 Å². The van der Waals surface area contributed by atoms with Gasteiger partial charge < -0.3 is 20.3 Å². The van der Waals surface area contributed by atoms with Gasteiger partial charge in [0.2, 0.25) is 5.91 Å². The smallest absolute Gasteiger partial charge is 0.305 e. The molecule has 1 amide bonds. The highest BCUT2D eigenvalue weighted by Crippen LogP contribution is 2.18. The van der Waals surface area contributed by atoms with Crippen LogP contribution in [0, 0.1) is 0 Å². The molecule has 6 heteroatoms. The lowest BCUT2D eigenvalue weighted by atomic mass is 10.0. The van der Waals surface area contributed by atoms with Gasteiger partial charge in [-0.3, -0.25) is 9.59 Å². The van der Waals surface area contributed by atoms with Crippen molar-refractivity contribution in [3.05, 3.63) is 0 Å². The van der Waals surface area contributed by atoms with Gasteiger partial charge in [0.15, 0.2) is 0 Å². The van der Waals surface area contributed by atoms with Gasteiger partial charge in [0, 0.05) is 12.8 Å². The van der Waals surface area contributed by atoms with Crippen LogP contribution < -0.4 is 5.32 Å². The van der Waals surface area contributed by atoms with Crippen LogP contribution in [-0.4, -0.2) is 47.4 Å². The fraction of sp³-hybridized carbons (Fsp3) is 0.964. The van der Waals surface area contributed by atoms with E-state index in [1.54, 1.807) is 0 Å². The van der Waals surface area contributed by atoms with Crippen molar-refractivity contribution in [3.63, 3.8) is 0 Å². The summed E-state index contributed by atoms with van der Waals surface area (Å²) in [6, 6.07) is -0.547. The first-order chi connectivity index (χ1) is 30.5. The van der Waals surface area contributed by atoms with E-state index in [-0.39, 0.29) is 18.5 Å². The number of unbranched alkanes of at least 4 members (excludes halogenated alkanes) is 42. The second kappa shape index (κ2) is 52.5. The average molecular weight is 879 g/mol. The Morgan fingerprint density at radius 3 is 0.984 bits per heavy atom. The Labute approximate surface area is 387 Å². The Hall–Kier alpha value is -1.14. The molecule has 0 bridgehead atoms. The van der Waals surface area contributed by atoms with Gasteiger partial charge in [-0.05, 0) is 25.7 Å². The SMILES string of the molecule is CCCCCCCCCCCCCCCCCCCCCC(O)C(CO)NC(=O)CCCCCCCCCCCCCCCCCOC(=O)CCCCCCCCCCCCC. The fourth-order valence-electron chi connectivity index (χ4n) is 9.05. The van der Waals surface area contributed by atoms with Crippen molar-refractivity contribution in [1.82, 2.24) is 5.32 Å². The number of rotatable bonds is 53. The predicted molar refractivity (Wildman–Crippen MR) is 269 cm³/mol. The molecule has 370 valence electrons. The molecule has 0 radical (unpaired) electrons. The van der Waals surface area contributed by atoms with Crippen LogP contribution in [0.5, 0.6) is 0 Å². The normalized spacial score (nSPS) is 12.5. The van der Waals surface area contributed by atoms with Gasteiger partial charge in [0.05, 0.1) is 25.4 Å². The number of esters is 1. The first-order valence-corrected chi connectivity index (χ1v) is 28.3. The van der Waals surface area contributed by atoms with Gasteiger partial charge in [-0.25, -0.2) is 0 Å².